The Balaban J connectivity index is 1.92. The van der Waals surface area contributed by atoms with Crippen molar-refractivity contribution >= 4 is 23.0 Å². The molecule has 3 aromatic rings. The van der Waals surface area contributed by atoms with Gasteiger partial charge in [-0.2, -0.15) is 5.26 Å². The normalized spacial score (nSPS) is 10.9. The van der Waals surface area contributed by atoms with Gasteiger partial charge in [0.2, 0.25) is 11.8 Å². The minimum absolute atomic E-state index is 0.0756. The van der Waals surface area contributed by atoms with Gasteiger partial charge in [-0.1, -0.05) is 0 Å². The summed E-state index contributed by atoms with van der Waals surface area (Å²) >= 11 is 0. The molecule has 3 aromatic heterocycles. The van der Waals surface area contributed by atoms with Crippen molar-refractivity contribution in [3.05, 3.63) is 48.2 Å². The van der Waals surface area contributed by atoms with E-state index >= 15 is 0 Å². The SMILES string of the molecule is N#CCCOc1ncc(-c2cnc3[nH]cc(C=CC(N)=O)c3c2)cc1F. The first-order valence-corrected chi connectivity index (χ1v) is 7.69. The number of H-pyrrole nitrogens is 1. The quantitative estimate of drug-likeness (QED) is 0.523. The molecular weight excluding hydrogens is 337 g/mol. The van der Waals surface area contributed by atoms with Crippen molar-refractivity contribution in [2.45, 2.75) is 6.42 Å². The molecule has 0 atom stereocenters. The number of fused-ring (bicyclic) bond motifs is 1. The Labute approximate surface area is 147 Å². The summed E-state index contributed by atoms with van der Waals surface area (Å²) in [6, 6.07) is 5.02. The molecule has 0 bridgehead atoms. The van der Waals surface area contributed by atoms with E-state index in [1.165, 1.54) is 18.3 Å². The molecule has 0 saturated heterocycles. The minimum atomic E-state index is -0.622. The third-order valence-electron chi connectivity index (χ3n) is 3.58. The first-order valence-electron chi connectivity index (χ1n) is 7.69. The lowest BCUT2D eigenvalue weighted by atomic mass is 10.1. The Morgan fingerprint density at radius 3 is 2.85 bits per heavy atom. The van der Waals surface area contributed by atoms with E-state index < -0.39 is 11.7 Å². The van der Waals surface area contributed by atoms with Crippen molar-refractivity contribution in [2.75, 3.05) is 6.61 Å². The average Bonchev–Trinajstić information content (AvgIpc) is 3.03. The molecular formula is C18H14FN5O2. The lowest BCUT2D eigenvalue weighted by molar-refractivity contribution is -0.113. The van der Waals surface area contributed by atoms with Gasteiger partial charge in [0.25, 0.3) is 0 Å². The van der Waals surface area contributed by atoms with E-state index in [-0.39, 0.29) is 18.9 Å². The maximum absolute atomic E-state index is 14.1. The van der Waals surface area contributed by atoms with Crippen LogP contribution < -0.4 is 10.5 Å². The van der Waals surface area contributed by atoms with Crippen molar-refractivity contribution in [1.82, 2.24) is 15.0 Å². The molecule has 7 nitrogen and oxygen atoms in total. The summed E-state index contributed by atoms with van der Waals surface area (Å²) in [5.74, 6) is -1.32. The van der Waals surface area contributed by atoms with Crippen LogP contribution in [0.3, 0.4) is 0 Å². The Morgan fingerprint density at radius 2 is 2.12 bits per heavy atom. The van der Waals surface area contributed by atoms with Crippen molar-refractivity contribution < 1.29 is 13.9 Å². The number of amides is 1. The van der Waals surface area contributed by atoms with Gasteiger partial charge in [0.1, 0.15) is 12.3 Å². The molecule has 3 rings (SSSR count). The molecule has 0 saturated carbocycles. The highest BCUT2D eigenvalue weighted by atomic mass is 19.1. The monoisotopic (exact) mass is 351 g/mol. The number of nitrogens with one attached hydrogen (secondary N) is 1. The topological polar surface area (TPSA) is 118 Å². The van der Waals surface area contributed by atoms with Crippen molar-refractivity contribution in [2.24, 2.45) is 5.73 Å². The summed E-state index contributed by atoms with van der Waals surface area (Å²) in [5.41, 5.74) is 7.66. The number of hydrogen-bond acceptors (Lipinski definition) is 5. The van der Waals surface area contributed by atoms with Gasteiger partial charge < -0.3 is 15.5 Å². The Hall–Kier alpha value is -3.73. The Morgan fingerprint density at radius 1 is 1.35 bits per heavy atom. The number of nitrogens with two attached hydrogens (primary N) is 1. The third kappa shape index (κ3) is 3.67. The van der Waals surface area contributed by atoms with E-state index in [0.29, 0.717) is 16.8 Å². The number of aromatic nitrogens is 3. The molecule has 0 unspecified atom stereocenters. The number of carbonyl (C=O) groups excluding carboxylic acids is 1. The van der Waals surface area contributed by atoms with Crippen LogP contribution in [0.25, 0.3) is 28.2 Å². The summed E-state index contributed by atoms with van der Waals surface area (Å²) < 4.78 is 19.3. The molecule has 130 valence electrons. The maximum atomic E-state index is 14.1. The fourth-order valence-electron chi connectivity index (χ4n) is 2.37. The zero-order valence-corrected chi connectivity index (χ0v) is 13.6. The number of nitriles is 1. The lowest BCUT2D eigenvalue weighted by Gasteiger charge is -2.06. The summed E-state index contributed by atoms with van der Waals surface area (Å²) in [6.45, 7) is 0.0756. The summed E-state index contributed by atoms with van der Waals surface area (Å²) in [7, 11) is 0. The predicted molar refractivity (Wildman–Crippen MR) is 93.2 cm³/mol. The highest BCUT2D eigenvalue weighted by Gasteiger charge is 2.10. The number of rotatable bonds is 6. The van der Waals surface area contributed by atoms with Crippen LogP contribution in [0.1, 0.15) is 12.0 Å². The second-order valence-corrected chi connectivity index (χ2v) is 5.37. The number of pyridine rings is 2. The predicted octanol–water partition coefficient (Wildman–Crippen LogP) is 2.55. The number of halogens is 1. The molecule has 0 aliphatic carbocycles. The number of ether oxygens (including phenoxy) is 1. The zero-order chi connectivity index (χ0) is 18.5. The van der Waals surface area contributed by atoms with E-state index in [2.05, 4.69) is 15.0 Å². The van der Waals surface area contributed by atoms with Gasteiger partial charge in [0.15, 0.2) is 5.82 Å². The summed E-state index contributed by atoms with van der Waals surface area (Å²) in [4.78, 5) is 22.2. The zero-order valence-electron chi connectivity index (χ0n) is 13.6. The van der Waals surface area contributed by atoms with E-state index in [1.807, 2.05) is 12.1 Å². The summed E-state index contributed by atoms with van der Waals surface area (Å²) in [5, 5.41) is 9.24. The fourth-order valence-corrected chi connectivity index (χ4v) is 2.37. The average molecular weight is 351 g/mol. The molecule has 8 heteroatoms. The molecule has 1 amide bonds. The van der Waals surface area contributed by atoms with Crippen molar-refractivity contribution in [3.63, 3.8) is 0 Å². The van der Waals surface area contributed by atoms with Gasteiger partial charge in [-0.3, -0.25) is 4.79 Å². The van der Waals surface area contributed by atoms with Crippen molar-refractivity contribution in [1.29, 1.82) is 5.26 Å². The molecule has 0 fully saturated rings. The largest absolute Gasteiger partial charge is 0.475 e. The minimum Gasteiger partial charge on any atom is -0.475 e. The van der Waals surface area contributed by atoms with Gasteiger partial charge in [0.05, 0.1) is 12.5 Å². The number of nitrogens with zero attached hydrogens (tertiary/aromatic N) is 3. The van der Waals surface area contributed by atoms with Crippen LogP contribution in [0, 0.1) is 17.1 Å². The van der Waals surface area contributed by atoms with Crippen molar-refractivity contribution in [3.8, 4) is 23.1 Å². The Kier molecular flexibility index (Phi) is 4.90. The molecule has 0 spiro atoms. The van der Waals surface area contributed by atoms with Gasteiger partial charge in [0, 0.05) is 46.7 Å². The first kappa shape index (κ1) is 17.1. The molecule has 3 heterocycles. The fraction of sp³-hybridized carbons (Fsp3) is 0.111. The maximum Gasteiger partial charge on any atom is 0.250 e. The standard InChI is InChI=1S/C18H14FN5O2/c19-15-7-13(10-24-18(15)26-5-1-4-20)12-6-14-11(2-3-16(21)25)8-22-17(14)23-9-12/h2-3,6-10H,1,5H2,(H2,21,25)(H,22,23). The highest BCUT2D eigenvalue weighted by molar-refractivity contribution is 5.95. The van der Waals surface area contributed by atoms with Crippen LogP contribution in [-0.2, 0) is 4.79 Å². The highest BCUT2D eigenvalue weighted by Crippen LogP contribution is 2.27. The van der Waals surface area contributed by atoms with Crippen LogP contribution in [0.15, 0.2) is 36.8 Å². The van der Waals surface area contributed by atoms with Crippen LogP contribution in [-0.4, -0.2) is 27.5 Å². The van der Waals surface area contributed by atoms with Gasteiger partial charge in [-0.15, -0.1) is 0 Å². The first-order chi connectivity index (χ1) is 12.6. The van der Waals surface area contributed by atoms with Crippen LogP contribution >= 0.6 is 0 Å². The molecule has 0 aliphatic heterocycles. The Bertz CT molecular complexity index is 1040. The molecule has 0 radical (unpaired) electrons. The number of carbonyl (C=O) groups is 1. The molecule has 3 N–H and O–H groups in total. The molecule has 26 heavy (non-hydrogen) atoms. The van der Waals surface area contributed by atoms with E-state index in [0.717, 1.165) is 10.9 Å². The van der Waals surface area contributed by atoms with Crippen LogP contribution in [0.4, 0.5) is 4.39 Å². The second-order valence-electron chi connectivity index (χ2n) is 5.37. The second kappa shape index (κ2) is 7.44. The summed E-state index contributed by atoms with van der Waals surface area (Å²) in [6.07, 6.45) is 7.75. The van der Waals surface area contributed by atoms with E-state index in [1.54, 1.807) is 18.5 Å². The molecule has 0 aromatic carbocycles. The van der Waals surface area contributed by atoms with Crippen LogP contribution in [0.2, 0.25) is 0 Å². The van der Waals surface area contributed by atoms with Gasteiger partial charge in [-0.25, -0.2) is 14.4 Å². The number of primary amides is 1. The van der Waals surface area contributed by atoms with Gasteiger partial charge >= 0.3 is 0 Å². The number of hydrogen-bond donors (Lipinski definition) is 2. The smallest absolute Gasteiger partial charge is 0.250 e. The third-order valence-corrected chi connectivity index (χ3v) is 3.58. The number of aromatic amines is 1. The van der Waals surface area contributed by atoms with E-state index in [9.17, 15) is 9.18 Å². The van der Waals surface area contributed by atoms with Crippen LogP contribution in [0.5, 0.6) is 5.88 Å². The van der Waals surface area contributed by atoms with Gasteiger partial charge in [-0.05, 0) is 18.2 Å². The molecule has 0 aliphatic rings. The van der Waals surface area contributed by atoms with E-state index in [4.69, 9.17) is 15.7 Å². The lowest BCUT2D eigenvalue weighted by Crippen LogP contribution is -2.04.